The number of pyridine rings is 1. The minimum atomic E-state index is -0.964. The Bertz CT molecular complexity index is 1710. The molecule has 3 aromatic rings. The van der Waals surface area contributed by atoms with Gasteiger partial charge in [-0.05, 0) is 55.7 Å². The maximum Gasteiger partial charge on any atom is 0.246 e. The van der Waals surface area contributed by atoms with Crippen LogP contribution in [-0.4, -0.2) is 77.1 Å². The lowest BCUT2D eigenvalue weighted by atomic mass is 9.90. The zero-order valence-electron chi connectivity index (χ0n) is 25.1. The second-order valence-electron chi connectivity index (χ2n) is 11.3. The molecule has 6 N–H and O–H groups in total. The number of hydrogen-bond donors (Lipinski definition) is 5. The van der Waals surface area contributed by atoms with Gasteiger partial charge in [0, 0.05) is 62.5 Å². The van der Waals surface area contributed by atoms with Gasteiger partial charge in [-0.2, -0.15) is 0 Å². The van der Waals surface area contributed by atoms with E-state index < -0.39 is 11.9 Å². The summed E-state index contributed by atoms with van der Waals surface area (Å²) < 4.78 is 17.3. The number of aryl methyl sites for hydroxylation is 2. The average Bonchev–Trinajstić information content (AvgIpc) is 3.10. The Hall–Kier alpha value is -4.48. The lowest BCUT2D eigenvalue weighted by Crippen LogP contribution is -2.58. The highest BCUT2D eigenvalue weighted by Crippen LogP contribution is 2.49. The van der Waals surface area contributed by atoms with Gasteiger partial charge in [0.1, 0.15) is 5.84 Å². The summed E-state index contributed by atoms with van der Waals surface area (Å²) in [6.45, 7) is 10.3. The quantitative estimate of drug-likeness (QED) is 0.148. The number of nitrogens with two attached hydrogens (primary N) is 1. The lowest BCUT2D eigenvalue weighted by molar-refractivity contribution is -0.128. The molecule has 0 aliphatic carbocycles. The minimum absolute atomic E-state index is 0.0164. The first-order valence-electron chi connectivity index (χ1n) is 14.2. The normalized spacial score (nSPS) is 17.0. The number of amidine groups is 1. The number of carbonyl (C=O) groups excluding carboxylic acids is 1. The molecule has 0 bridgehead atoms. The molecular weight excluding hydrogens is 583 g/mol. The van der Waals surface area contributed by atoms with E-state index in [9.17, 15) is 15.3 Å². The van der Waals surface area contributed by atoms with Crippen LogP contribution in [0.4, 0.5) is 27.1 Å². The van der Waals surface area contributed by atoms with Crippen LogP contribution in [0.5, 0.6) is 0 Å². The van der Waals surface area contributed by atoms with Gasteiger partial charge in [0.05, 0.1) is 45.5 Å². The van der Waals surface area contributed by atoms with E-state index in [0.717, 1.165) is 6.21 Å². The summed E-state index contributed by atoms with van der Waals surface area (Å²) >= 11 is 7.17. The molecule has 10 nitrogen and oxygen atoms in total. The highest BCUT2D eigenvalue weighted by atomic mass is 35.5. The smallest absolute Gasteiger partial charge is 0.246 e. The SMILES string of the molecule is C=CC(=O)N1CCN2C(=N)c3c(Nc4c(C)ccnc4C(C)O)c(F)c(-c4c(C)ccc(N)c4C=N)c(Cl)c3N(C)CC2C1. The number of anilines is 4. The van der Waals surface area contributed by atoms with Gasteiger partial charge in [0.25, 0.3) is 0 Å². The monoisotopic (exact) mass is 618 g/mol. The van der Waals surface area contributed by atoms with Crippen LogP contribution in [0.15, 0.2) is 37.1 Å². The molecule has 1 aromatic heterocycles. The number of benzene rings is 2. The number of nitrogens with one attached hydrogen (secondary N) is 3. The molecule has 1 saturated heterocycles. The molecule has 12 heteroatoms. The zero-order valence-corrected chi connectivity index (χ0v) is 25.9. The molecule has 2 aromatic carbocycles. The standard InChI is InChI=1S/C32H36ClFN8O2/c1-6-22(44)41-11-12-42-19(15-41)14-40(5)31-25(32(42)37)30(39-28-17(3)9-10-38-29(28)18(4)43)27(34)24(26(31)33)23-16(2)7-8-21(36)20(23)13-35/h6-10,13,18-19,35,37,39,43H,1,11-12,14-15,36H2,2-5H3. The fourth-order valence-corrected chi connectivity index (χ4v) is 6.62. The Kier molecular flexibility index (Phi) is 8.37. The van der Waals surface area contributed by atoms with Crippen molar-refractivity contribution in [3.63, 3.8) is 0 Å². The van der Waals surface area contributed by atoms with E-state index >= 15 is 4.39 Å². The number of amides is 1. The first-order chi connectivity index (χ1) is 20.9. The van der Waals surface area contributed by atoms with E-state index in [0.29, 0.717) is 71.2 Å². The molecule has 2 atom stereocenters. The van der Waals surface area contributed by atoms with Gasteiger partial charge in [0.2, 0.25) is 5.91 Å². The van der Waals surface area contributed by atoms with Crippen molar-refractivity contribution in [2.24, 2.45) is 0 Å². The number of rotatable bonds is 6. The molecule has 0 radical (unpaired) electrons. The highest BCUT2D eigenvalue weighted by Gasteiger charge is 2.40. The Morgan fingerprint density at radius 1 is 1.20 bits per heavy atom. The minimum Gasteiger partial charge on any atom is -0.398 e. The number of halogens is 2. The maximum atomic E-state index is 17.3. The van der Waals surface area contributed by atoms with Gasteiger partial charge >= 0.3 is 0 Å². The van der Waals surface area contributed by atoms with Crippen molar-refractivity contribution in [2.45, 2.75) is 32.9 Å². The van der Waals surface area contributed by atoms with Crippen LogP contribution in [-0.2, 0) is 4.79 Å². The van der Waals surface area contributed by atoms with Crippen molar-refractivity contribution in [2.75, 3.05) is 49.2 Å². The molecule has 44 heavy (non-hydrogen) atoms. The summed E-state index contributed by atoms with van der Waals surface area (Å²) in [4.78, 5) is 22.3. The number of nitrogens with zero attached hydrogens (tertiary/aromatic N) is 4. The van der Waals surface area contributed by atoms with Gasteiger partial charge in [-0.1, -0.05) is 24.2 Å². The molecule has 1 amide bonds. The van der Waals surface area contributed by atoms with E-state index in [1.807, 2.05) is 23.8 Å². The van der Waals surface area contributed by atoms with Gasteiger partial charge in [0.15, 0.2) is 5.82 Å². The van der Waals surface area contributed by atoms with Crippen LogP contribution < -0.4 is 16.0 Å². The molecule has 0 spiro atoms. The number of aliphatic hydroxyl groups excluding tert-OH is 1. The van der Waals surface area contributed by atoms with E-state index in [4.69, 9.17) is 22.7 Å². The van der Waals surface area contributed by atoms with Crippen molar-refractivity contribution in [3.8, 4) is 11.1 Å². The fourth-order valence-electron chi connectivity index (χ4n) is 6.21. The summed E-state index contributed by atoms with van der Waals surface area (Å²) in [6, 6.07) is 4.88. The van der Waals surface area contributed by atoms with Gasteiger partial charge < -0.3 is 36.3 Å². The van der Waals surface area contributed by atoms with Crippen LogP contribution >= 0.6 is 11.6 Å². The Labute approximate surface area is 261 Å². The molecule has 230 valence electrons. The van der Waals surface area contributed by atoms with Gasteiger partial charge in [-0.15, -0.1) is 0 Å². The molecule has 1 fully saturated rings. The van der Waals surface area contributed by atoms with E-state index in [2.05, 4.69) is 16.9 Å². The predicted molar refractivity (Wildman–Crippen MR) is 174 cm³/mol. The number of carbonyl (C=O) groups is 1. The average molecular weight is 619 g/mol. The van der Waals surface area contributed by atoms with Crippen molar-refractivity contribution in [1.82, 2.24) is 14.8 Å². The molecule has 3 heterocycles. The lowest BCUT2D eigenvalue weighted by Gasteiger charge is -2.42. The maximum absolute atomic E-state index is 17.3. The summed E-state index contributed by atoms with van der Waals surface area (Å²) in [5.41, 5.74) is 10.0. The predicted octanol–water partition coefficient (Wildman–Crippen LogP) is 5.01. The Balaban J connectivity index is 1.83. The number of likely N-dealkylation sites (N-methyl/N-ethyl adjacent to an activating group) is 1. The van der Waals surface area contributed by atoms with Crippen LogP contribution in [0.2, 0.25) is 5.02 Å². The molecule has 5 rings (SSSR count). The topological polar surface area (TPSA) is 146 Å². The molecule has 2 aliphatic heterocycles. The number of hydrogen-bond acceptors (Lipinski definition) is 8. The Morgan fingerprint density at radius 3 is 2.59 bits per heavy atom. The zero-order chi connectivity index (χ0) is 32.0. The van der Waals surface area contributed by atoms with E-state index in [-0.39, 0.29) is 39.6 Å². The fraction of sp³-hybridized carbons (Fsp3) is 0.312. The van der Waals surface area contributed by atoms with Crippen LogP contribution in [0.25, 0.3) is 11.1 Å². The molecule has 2 unspecified atom stereocenters. The summed E-state index contributed by atoms with van der Waals surface area (Å²) in [5, 5.41) is 31.4. The molecular formula is C32H36ClFN8O2. The Morgan fingerprint density at radius 2 is 1.93 bits per heavy atom. The first kappa shape index (κ1) is 31.0. The van der Waals surface area contributed by atoms with Gasteiger partial charge in [-0.25, -0.2) is 4.39 Å². The second kappa shape index (κ2) is 11.9. The number of aliphatic hydroxyl groups is 1. The van der Waals surface area contributed by atoms with Crippen molar-refractivity contribution in [1.29, 1.82) is 10.8 Å². The van der Waals surface area contributed by atoms with Crippen molar-refractivity contribution < 1.29 is 14.3 Å². The second-order valence-corrected chi connectivity index (χ2v) is 11.6. The largest absolute Gasteiger partial charge is 0.398 e. The number of nitrogen functional groups attached to an aromatic ring is 1. The third-order valence-corrected chi connectivity index (χ3v) is 8.80. The van der Waals surface area contributed by atoms with Crippen LogP contribution in [0, 0.1) is 30.5 Å². The summed E-state index contributed by atoms with van der Waals surface area (Å²) in [7, 11) is 1.82. The third-order valence-electron chi connectivity index (χ3n) is 8.43. The van der Waals surface area contributed by atoms with Crippen LogP contribution in [0.3, 0.4) is 0 Å². The third kappa shape index (κ3) is 5.05. The van der Waals surface area contributed by atoms with Crippen LogP contribution in [0.1, 0.15) is 41.0 Å². The molecule has 2 aliphatic rings. The number of fused-ring (bicyclic) bond motifs is 2. The van der Waals surface area contributed by atoms with E-state index in [1.54, 1.807) is 43.1 Å². The van der Waals surface area contributed by atoms with E-state index in [1.165, 1.54) is 6.08 Å². The van der Waals surface area contributed by atoms with Crippen molar-refractivity contribution >= 4 is 52.3 Å². The van der Waals surface area contributed by atoms with Crippen molar-refractivity contribution in [3.05, 3.63) is 75.8 Å². The number of piperazine rings is 1. The summed E-state index contributed by atoms with van der Waals surface area (Å²) in [6.07, 6.45) is 2.97. The summed E-state index contributed by atoms with van der Waals surface area (Å²) in [5.74, 6) is -0.877. The molecule has 0 saturated carbocycles. The first-order valence-corrected chi connectivity index (χ1v) is 14.6. The highest BCUT2D eigenvalue weighted by molar-refractivity contribution is 6.38. The van der Waals surface area contributed by atoms with Gasteiger partial charge in [-0.3, -0.25) is 15.2 Å². The number of aromatic nitrogens is 1.